The van der Waals surface area contributed by atoms with Crippen molar-refractivity contribution in [3.8, 4) is 0 Å². The molecular weight excluding hydrogens is 274 g/mol. The summed E-state index contributed by atoms with van der Waals surface area (Å²) < 4.78 is 1.89. The Balaban J connectivity index is 1.57. The van der Waals surface area contributed by atoms with Gasteiger partial charge in [0.1, 0.15) is 0 Å². The topological polar surface area (TPSA) is 46.9 Å². The smallest absolute Gasteiger partial charge is 0.220 e. The Morgan fingerprint density at radius 2 is 2.14 bits per heavy atom. The lowest BCUT2D eigenvalue weighted by atomic mass is 10.0. The second-order valence-corrected chi connectivity index (χ2v) is 5.72. The molecule has 4 nitrogen and oxygen atoms in total. The molecule has 0 unspecified atom stereocenters. The first-order valence-corrected chi connectivity index (χ1v) is 7.79. The van der Waals surface area contributed by atoms with E-state index in [1.807, 2.05) is 29.1 Å². The van der Waals surface area contributed by atoms with Gasteiger partial charge >= 0.3 is 0 Å². The molecule has 1 atom stereocenters. The number of amides is 1. The number of hydrogen-bond acceptors (Lipinski definition) is 2. The summed E-state index contributed by atoms with van der Waals surface area (Å²) >= 11 is 0. The molecular formula is C18H21N3O. The Hall–Kier alpha value is -2.36. The molecule has 114 valence electrons. The molecule has 1 aliphatic carbocycles. The van der Waals surface area contributed by atoms with E-state index in [9.17, 15) is 4.79 Å². The minimum atomic E-state index is 0.130. The summed E-state index contributed by atoms with van der Waals surface area (Å²) in [5.74, 6) is 0.546. The first-order valence-electron chi connectivity index (χ1n) is 7.79. The van der Waals surface area contributed by atoms with Crippen LogP contribution in [-0.4, -0.2) is 15.7 Å². The van der Waals surface area contributed by atoms with E-state index in [-0.39, 0.29) is 5.91 Å². The van der Waals surface area contributed by atoms with E-state index >= 15 is 0 Å². The predicted molar refractivity (Wildman–Crippen MR) is 86.1 cm³/mol. The average Bonchev–Trinajstić information content (AvgIpc) is 3.20. The fourth-order valence-electron chi connectivity index (χ4n) is 2.82. The molecule has 0 saturated heterocycles. The fraction of sp³-hybridized carbons (Fsp3) is 0.333. The SMILES string of the molecule is O=C(C[C@@H]1C=CCC1)NCc1ccccc1Cn1cccn1. The fourth-order valence-corrected chi connectivity index (χ4v) is 2.82. The van der Waals surface area contributed by atoms with E-state index in [1.54, 1.807) is 6.20 Å². The molecule has 0 saturated carbocycles. The summed E-state index contributed by atoms with van der Waals surface area (Å²) in [5.41, 5.74) is 2.33. The Morgan fingerprint density at radius 1 is 1.27 bits per heavy atom. The summed E-state index contributed by atoms with van der Waals surface area (Å²) in [4.78, 5) is 12.0. The second-order valence-electron chi connectivity index (χ2n) is 5.72. The largest absolute Gasteiger partial charge is 0.352 e. The summed E-state index contributed by atoms with van der Waals surface area (Å²) in [6.07, 6.45) is 10.8. The third-order valence-corrected chi connectivity index (χ3v) is 4.05. The van der Waals surface area contributed by atoms with Gasteiger partial charge in [-0.05, 0) is 36.0 Å². The molecule has 22 heavy (non-hydrogen) atoms. The van der Waals surface area contributed by atoms with Gasteiger partial charge in [0.25, 0.3) is 0 Å². The van der Waals surface area contributed by atoms with Crippen LogP contribution in [0, 0.1) is 5.92 Å². The molecule has 2 aromatic rings. The summed E-state index contributed by atoms with van der Waals surface area (Å²) in [5, 5.41) is 7.28. The Labute approximate surface area is 130 Å². The van der Waals surface area contributed by atoms with E-state index < -0.39 is 0 Å². The van der Waals surface area contributed by atoms with Crippen LogP contribution in [0.5, 0.6) is 0 Å². The number of nitrogens with one attached hydrogen (secondary N) is 1. The molecule has 1 aliphatic rings. The molecule has 0 fully saturated rings. The van der Waals surface area contributed by atoms with Gasteiger partial charge in [0.2, 0.25) is 5.91 Å². The number of carbonyl (C=O) groups excluding carboxylic acids is 1. The van der Waals surface area contributed by atoms with Crippen LogP contribution in [0.3, 0.4) is 0 Å². The van der Waals surface area contributed by atoms with E-state index in [0.29, 0.717) is 18.9 Å². The Kier molecular flexibility index (Phi) is 4.68. The van der Waals surface area contributed by atoms with Crippen molar-refractivity contribution in [3.63, 3.8) is 0 Å². The van der Waals surface area contributed by atoms with Crippen LogP contribution in [0.15, 0.2) is 54.9 Å². The minimum absolute atomic E-state index is 0.130. The molecule has 1 N–H and O–H groups in total. The van der Waals surface area contributed by atoms with Crippen LogP contribution in [0.25, 0.3) is 0 Å². The van der Waals surface area contributed by atoms with Crippen molar-refractivity contribution in [2.75, 3.05) is 0 Å². The maximum atomic E-state index is 12.0. The van der Waals surface area contributed by atoms with Crippen LogP contribution < -0.4 is 5.32 Å². The monoisotopic (exact) mass is 295 g/mol. The lowest BCUT2D eigenvalue weighted by molar-refractivity contribution is -0.121. The lowest BCUT2D eigenvalue weighted by Gasteiger charge is -2.12. The molecule has 1 heterocycles. The second kappa shape index (κ2) is 7.07. The highest BCUT2D eigenvalue weighted by Gasteiger charge is 2.14. The number of aromatic nitrogens is 2. The van der Waals surface area contributed by atoms with Crippen molar-refractivity contribution in [1.82, 2.24) is 15.1 Å². The maximum Gasteiger partial charge on any atom is 0.220 e. The third-order valence-electron chi connectivity index (χ3n) is 4.05. The van der Waals surface area contributed by atoms with Crippen molar-refractivity contribution >= 4 is 5.91 Å². The van der Waals surface area contributed by atoms with Crippen LogP contribution in [0.1, 0.15) is 30.4 Å². The van der Waals surface area contributed by atoms with Crippen molar-refractivity contribution in [2.45, 2.75) is 32.4 Å². The maximum absolute atomic E-state index is 12.0. The van der Waals surface area contributed by atoms with Crippen LogP contribution in [0.4, 0.5) is 0 Å². The standard InChI is InChI=1S/C18H21N3O/c22-18(12-15-6-1-2-7-15)19-13-16-8-3-4-9-17(16)14-21-11-5-10-20-21/h1,3-6,8-11,15H,2,7,12-14H2,(H,19,22)/t15-/m1/s1. The van der Waals surface area contributed by atoms with Crippen molar-refractivity contribution in [3.05, 3.63) is 66.0 Å². The molecule has 1 aromatic carbocycles. The van der Waals surface area contributed by atoms with Gasteiger partial charge in [0.05, 0.1) is 6.54 Å². The van der Waals surface area contributed by atoms with Gasteiger partial charge in [0.15, 0.2) is 0 Å². The number of carbonyl (C=O) groups is 1. The highest BCUT2D eigenvalue weighted by molar-refractivity contribution is 5.76. The summed E-state index contributed by atoms with van der Waals surface area (Å²) in [7, 11) is 0. The normalized spacial score (nSPS) is 16.8. The van der Waals surface area contributed by atoms with E-state index in [1.165, 1.54) is 5.56 Å². The molecule has 0 bridgehead atoms. The van der Waals surface area contributed by atoms with E-state index in [0.717, 1.165) is 24.9 Å². The van der Waals surface area contributed by atoms with Crippen molar-refractivity contribution in [1.29, 1.82) is 0 Å². The molecule has 1 aromatic heterocycles. The summed E-state index contributed by atoms with van der Waals surface area (Å²) in [6.45, 7) is 1.30. The van der Waals surface area contributed by atoms with Gasteiger partial charge in [-0.2, -0.15) is 5.10 Å². The Morgan fingerprint density at radius 3 is 2.86 bits per heavy atom. The van der Waals surface area contributed by atoms with Crippen LogP contribution >= 0.6 is 0 Å². The van der Waals surface area contributed by atoms with Gasteiger partial charge in [-0.25, -0.2) is 0 Å². The highest BCUT2D eigenvalue weighted by atomic mass is 16.1. The lowest BCUT2D eigenvalue weighted by Crippen LogP contribution is -2.25. The molecule has 4 heteroatoms. The average molecular weight is 295 g/mol. The van der Waals surface area contributed by atoms with E-state index in [2.05, 4.69) is 34.7 Å². The molecule has 1 amide bonds. The van der Waals surface area contributed by atoms with Crippen molar-refractivity contribution < 1.29 is 4.79 Å². The quantitative estimate of drug-likeness (QED) is 0.833. The first kappa shape index (κ1) is 14.6. The summed E-state index contributed by atoms with van der Waals surface area (Å²) in [6, 6.07) is 10.1. The van der Waals surface area contributed by atoms with Gasteiger partial charge in [-0.3, -0.25) is 9.48 Å². The highest BCUT2D eigenvalue weighted by Crippen LogP contribution is 2.20. The first-order chi connectivity index (χ1) is 10.8. The number of rotatable bonds is 6. The van der Waals surface area contributed by atoms with E-state index in [4.69, 9.17) is 0 Å². The number of benzene rings is 1. The predicted octanol–water partition coefficient (Wildman–Crippen LogP) is 2.90. The van der Waals surface area contributed by atoms with Gasteiger partial charge in [-0.1, -0.05) is 36.4 Å². The van der Waals surface area contributed by atoms with Gasteiger partial charge in [0, 0.05) is 25.4 Å². The minimum Gasteiger partial charge on any atom is -0.352 e. The number of nitrogens with zero attached hydrogens (tertiary/aromatic N) is 2. The number of allylic oxidation sites excluding steroid dienone is 2. The zero-order chi connectivity index (χ0) is 15.2. The zero-order valence-electron chi connectivity index (χ0n) is 12.6. The van der Waals surface area contributed by atoms with Crippen LogP contribution in [0.2, 0.25) is 0 Å². The Bertz CT molecular complexity index is 646. The van der Waals surface area contributed by atoms with Gasteiger partial charge in [-0.15, -0.1) is 0 Å². The van der Waals surface area contributed by atoms with Crippen molar-refractivity contribution in [2.24, 2.45) is 5.92 Å². The third kappa shape index (κ3) is 3.85. The molecule has 3 rings (SSSR count). The molecule has 0 spiro atoms. The molecule has 0 aliphatic heterocycles. The molecule has 0 radical (unpaired) electrons. The van der Waals surface area contributed by atoms with Crippen LogP contribution in [-0.2, 0) is 17.9 Å². The van der Waals surface area contributed by atoms with Gasteiger partial charge < -0.3 is 5.32 Å². The zero-order valence-corrected chi connectivity index (χ0v) is 12.6. The number of hydrogen-bond donors (Lipinski definition) is 1.